The summed E-state index contributed by atoms with van der Waals surface area (Å²) in [6.45, 7) is 6.10. The maximum atomic E-state index is 13.6. The summed E-state index contributed by atoms with van der Waals surface area (Å²) in [6.07, 6.45) is -4.95. The molecule has 1 aromatic rings. The Morgan fingerprint density at radius 3 is 2.38 bits per heavy atom. The molecule has 1 aliphatic rings. The molecule has 1 aliphatic heterocycles. The minimum absolute atomic E-state index is 0.0345. The van der Waals surface area contributed by atoms with E-state index in [0.29, 0.717) is 6.20 Å². The standard InChI is InChI=1S/C19H25F3N4O6/c1-6-31-14(27)11-9-23-16(24-13(11)19(20,21)22)26-8-7-25(10-12(26)15(28)30-5)17(29)32-18(2,3)4/h9,12H,6-8,10H2,1-5H3/t12-/m0/s1. The number of alkyl halides is 3. The number of carbonyl (C=O) groups is 3. The van der Waals surface area contributed by atoms with Gasteiger partial charge in [0.1, 0.15) is 17.2 Å². The van der Waals surface area contributed by atoms with Crippen LogP contribution in [0.1, 0.15) is 43.7 Å². The number of amides is 1. The molecule has 32 heavy (non-hydrogen) atoms. The van der Waals surface area contributed by atoms with E-state index >= 15 is 0 Å². The maximum Gasteiger partial charge on any atom is 0.434 e. The topological polar surface area (TPSA) is 111 Å². The molecule has 0 radical (unpaired) electrons. The normalized spacial score (nSPS) is 17.1. The quantitative estimate of drug-likeness (QED) is 0.491. The number of hydrogen-bond donors (Lipinski definition) is 0. The zero-order valence-corrected chi connectivity index (χ0v) is 18.4. The van der Waals surface area contributed by atoms with Crippen LogP contribution < -0.4 is 4.90 Å². The lowest BCUT2D eigenvalue weighted by atomic mass is 10.1. The van der Waals surface area contributed by atoms with Crippen molar-refractivity contribution in [3.05, 3.63) is 17.5 Å². The first-order chi connectivity index (χ1) is 14.8. The van der Waals surface area contributed by atoms with Crippen LogP contribution in [0.3, 0.4) is 0 Å². The Morgan fingerprint density at radius 1 is 1.19 bits per heavy atom. The van der Waals surface area contributed by atoms with E-state index in [9.17, 15) is 27.6 Å². The first-order valence-electron chi connectivity index (χ1n) is 9.72. The second-order valence-electron chi connectivity index (χ2n) is 7.81. The number of rotatable bonds is 4. The van der Waals surface area contributed by atoms with E-state index in [-0.39, 0.29) is 26.2 Å². The fraction of sp³-hybridized carbons (Fsp3) is 0.632. The maximum absolute atomic E-state index is 13.6. The molecule has 1 fully saturated rings. The molecule has 0 saturated carbocycles. The van der Waals surface area contributed by atoms with Gasteiger partial charge in [-0.2, -0.15) is 13.2 Å². The van der Waals surface area contributed by atoms with Crippen molar-refractivity contribution in [1.82, 2.24) is 14.9 Å². The SMILES string of the molecule is CCOC(=O)c1cnc(N2CCN(C(=O)OC(C)(C)C)C[C@H]2C(=O)OC)nc1C(F)(F)F. The molecule has 0 unspecified atom stereocenters. The number of piperazine rings is 1. The first kappa shape index (κ1) is 25.1. The highest BCUT2D eigenvalue weighted by molar-refractivity contribution is 5.90. The van der Waals surface area contributed by atoms with Gasteiger partial charge in [-0.15, -0.1) is 0 Å². The average Bonchev–Trinajstić information content (AvgIpc) is 2.70. The number of carbonyl (C=O) groups excluding carboxylic acids is 3. The Labute approximate surface area is 182 Å². The van der Waals surface area contributed by atoms with Crippen LogP contribution in [-0.4, -0.2) is 77.9 Å². The van der Waals surface area contributed by atoms with Crippen molar-refractivity contribution in [2.45, 2.75) is 45.5 Å². The Kier molecular flexibility index (Phi) is 7.52. The van der Waals surface area contributed by atoms with E-state index in [1.54, 1.807) is 20.8 Å². The smallest absolute Gasteiger partial charge is 0.434 e. The third kappa shape index (κ3) is 5.98. The van der Waals surface area contributed by atoms with Crippen molar-refractivity contribution < 1.29 is 41.8 Å². The molecule has 178 valence electrons. The van der Waals surface area contributed by atoms with E-state index in [0.717, 1.165) is 7.11 Å². The van der Waals surface area contributed by atoms with Crippen molar-refractivity contribution in [2.24, 2.45) is 0 Å². The predicted molar refractivity (Wildman–Crippen MR) is 104 cm³/mol. The van der Waals surface area contributed by atoms with E-state index < -0.39 is 53.1 Å². The number of methoxy groups -OCH3 is 1. The molecule has 0 aliphatic carbocycles. The number of anilines is 1. The van der Waals surface area contributed by atoms with Crippen molar-refractivity contribution in [1.29, 1.82) is 0 Å². The van der Waals surface area contributed by atoms with Gasteiger partial charge in [0.05, 0.1) is 20.3 Å². The molecule has 0 spiro atoms. The Hall–Kier alpha value is -3.12. The molecule has 1 atom stereocenters. The molecule has 2 rings (SSSR count). The number of halogens is 3. The average molecular weight is 462 g/mol. The van der Waals surface area contributed by atoms with Gasteiger partial charge in [-0.25, -0.2) is 24.4 Å². The lowest BCUT2D eigenvalue weighted by molar-refractivity contribution is -0.143. The highest BCUT2D eigenvalue weighted by Gasteiger charge is 2.42. The summed E-state index contributed by atoms with van der Waals surface area (Å²) in [5.41, 5.74) is -3.10. The fourth-order valence-corrected chi connectivity index (χ4v) is 2.94. The molecule has 1 saturated heterocycles. The van der Waals surface area contributed by atoms with Crippen molar-refractivity contribution in [3.63, 3.8) is 0 Å². The number of hydrogen-bond acceptors (Lipinski definition) is 9. The van der Waals surface area contributed by atoms with Crippen LogP contribution in [-0.2, 0) is 25.2 Å². The fourth-order valence-electron chi connectivity index (χ4n) is 2.94. The zero-order valence-electron chi connectivity index (χ0n) is 18.4. The summed E-state index contributed by atoms with van der Waals surface area (Å²) >= 11 is 0. The number of esters is 2. The van der Waals surface area contributed by atoms with Gasteiger partial charge in [0, 0.05) is 19.3 Å². The third-order valence-electron chi connectivity index (χ3n) is 4.30. The molecule has 10 nitrogen and oxygen atoms in total. The summed E-state index contributed by atoms with van der Waals surface area (Å²) in [5.74, 6) is -2.46. The molecule has 1 amide bonds. The molecule has 0 N–H and O–H groups in total. The van der Waals surface area contributed by atoms with Gasteiger partial charge < -0.3 is 24.0 Å². The molecule has 1 aromatic heterocycles. The highest BCUT2D eigenvalue weighted by atomic mass is 19.4. The number of aromatic nitrogens is 2. The van der Waals surface area contributed by atoms with E-state index in [2.05, 4.69) is 14.7 Å². The minimum atomic E-state index is -4.97. The third-order valence-corrected chi connectivity index (χ3v) is 4.30. The van der Waals surface area contributed by atoms with Gasteiger partial charge in [0.15, 0.2) is 5.69 Å². The van der Waals surface area contributed by atoms with Crippen molar-refractivity contribution in [3.8, 4) is 0 Å². The van der Waals surface area contributed by atoms with Gasteiger partial charge in [0.2, 0.25) is 5.95 Å². The largest absolute Gasteiger partial charge is 0.467 e. The van der Waals surface area contributed by atoms with Crippen molar-refractivity contribution in [2.75, 3.05) is 38.3 Å². The monoisotopic (exact) mass is 462 g/mol. The van der Waals surface area contributed by atoms with Gasteiger partial charge in [0.25, 0.3) is 0 Å². The first-order valence-corrected chi connectivity index (χ1v) is 9.72. The van der Waals surface area contributed by atoms with Crippen molar-refractivity contribution >= 4 is 24.0 Å². The van der Waals surface area contributed by atoms with E-state index in [1.165, 1.54) is 16.7 Å². The highest BCUT2D eigenvalue weighted by Crippen LogP contribution is 2.32. The Balaban J connectivity index is 2.39. The summed E-state index contributed by atoms with van der Waals surface area (Å²) in [7, 11) is 1.11. The number of nitrogens with zero attached hydrogens (tertiary/aromatic N) is 4. The van der Waals surface area contributed by atoms with Crippen LogP contribution in [0.25, 0.3) is 0 Å². The molecule has 13 heteroatoms. The summed E-state index contributed by atoms with van der Waals surface area (Å²) in [6, 6.07) is -1.18. The van der Waals surface area contributed by atoms with Crippen LogP contribution >= 0.6 is 0 Å². The molecular weight excluding hydrogens is 437 g/mol. The van der Waals surface area contributed by atoms with E-state index in [1.807, 2.05) is 0 Å². The second kappa shape index (κ2) is 9.57. The van der Waals surface area contributed by atoms with Crippen LogP contribution in [0.4, 0.5) is 23.9 Å². The second-order valence-corrected chi connectivity index (χ2v) is 7.81. The lowest BCUT2D eigenvalue weighted by Crippen LogP contribution is -2.59. The summed E-state index contributed by atoms with van der Waals surface area (Å²) < 4.78 is 55.4. The molecule has 0 aromatic carbocycles. The molecule has 0 bridgehead atoms. The Bertz CT molecular complexity index is 872. The van der Waals surface area contributed by atoms with Crippen LogP contribution in [0, 0.1) is 0 Å². The van der Waals surface area contributed by atoms with Gasteiger partial charge in [-0.3, -0.25) is 0 Å². The summed E-state index contributed by atoms with van der Waals surface area (Å²) in [4.78, 5) is 46.4. The molecule has 2 heterocycles. The lowest BCUT2D eigenvalue weighted by Gasteiger charge is -2.40. The molecular formula is C19H25F3N4O6. The Morgan fingerprint density at radius 2 is 1.84 bits per heavy atom. The summed E-state index contributed by atoms with van der Waals surface area (Å²) in [5, 5.41) is 0. The van der Waals surface area contributed by atoms with E-state index in [4.69, 9.17) is 9.47 Å². The predicted octanol–water partition coefficient (Wildman–Crippen LogP) is 2.27. The van der Waals surface area contributed by atoms with Gasteiger partial charge in [-0.05, 0) is 27.7 Å². The number of ether oxygens (including phenoxy) is 3. The van der Waals surface area contributed by atoms with Crippen LogP contribution in [0.5, 0.6) is 0 Å². The minimum Gasteiger partial charge on any atom is -0.467 e. The van der Waals surface area contributed by atoms with Crippen LogP contribution in [0.15, 0.2) is 6.20 Å². The zero-order chi connectivity index (χ0) is 24.3. The van der Waals surface area contributed by atoms with Gasteiger partial charge >= 0.3 is 24.2 Å². The van der Waals surface area contributed by atoms with Crippen LogP contribution in [0.2, 0.25) is 0 Å². The van der Waals surface area contributed by atoms with Gasteiger partial charge in [-0.1, -0.05) is 0 Å².